The number of hydrogen-bond donors (Lipinski definition) is 2. The van der Waals surface area contributed by atoms with Crippen molar-refractivity contribution < 1.29 is 19.4 Å². The number of benzene rings is 2. The van der Waals surface area contributed by atoms with Gasteiger partial charge in [0.1, 0.15) is 16.3 Å². The third-order valence-corrected chi connectivity index (χ3v) is 7.62. The molecule has 1 aliphatic carbocycles. The van der Waals surface area contributed by atoms with Crippen molar-refractivity contribution in [2.75, 3.05) is 11.9 Å². The molecule has 30 heavy (non-hydrogen) atoms. The summed E-state index contributed by atoms with van der Waals surface area (Å²) in [5.74, 6) is -0.975. The van der Waals surface area contributed by atoms with Crippen molar-refractivity contribution in [3.63, 3.8) is 0 Å². The molecule has 2 N–H and O–H groups in total. The van der Waals surface area contributed by atoms with Gasteiger partial charge >= 0.3 is 12.1 Å². The van der Waals surface area contributed by atoms with Crippen LogP contribution in [0.3, 0.4) is 0 Å². The molecule has 0 saturated heterocycles. The van der Waals surface area contributed by atoms with Crippen LogP contribution in [-0.4, -0.2) is 28.8 Å². The fraction of sp³-hybridized carbons (Fsp3) is 0.136. The average Bonchev–Trinajstić information content (AvgIpc) is 3.37. The number of aryl methyl sites for hydroxylation is 1. The van der Waals surface area contributed by atoms with Gasteiger partial charge in [-0.1, -0.05) is 59.9 Å². The van der Waals surface area contributed by atoms with E-state index in [0.29, 0.717) is 15.5 Å². The van der Waals surface area contributed by atoms with E-state index in [2.05, 4.69) is 34.6 Å². The molecule has 0 unspecified atom stereocenters. The predicted octanol–water partition coefficient (Wildman–Crippen LogP) is 5.73. The Hall–Kier alpha value is -3.23. The summed E-state index contributed by atoms with van der Waals surface area (Å²) in [6, 6.07) is 16.3. The van der Waals surface area contributed by atoms with E-state index in [-0.39, 0.29) is 17.4 Å². The number of aromatic carboxylic acids is 1. The number of thiazole rings is 1. The van der Waals surface area contributed by atoms with Gasteiger partial charge < -0.3 is 9.84 Å². The Morgan fingerprint density at radius 1 is 1.07 bits per heavy atom. The highest BCUT2D eigenvalue weighted by Crippen LogP contribution is 2.44. The van der Waals surface area contributed by atoms with E-state index < -0.39 is 12.1 Å². The van der Waals surface area contributed by atoms with Crippen LogP contribution in [0.25, 0.3) is 20.7 Å². The molecule has 1 amide bonds. The van der Waals surface area contributed by atoms with E-state index >= 15 is 0 Å². The zero-order valence-corrected chi connectivity index (χ0v) is 17.5. The molecule has 2 aromatic carbocycles. The monoisotopic (exact) mass is 436 g/mol. The summed E-state index contributed by atoms with van der Waals surface area (Å²) < 4.78 is 6.30. The Kier molecular flexibility index (Phi) is 4.52. The van der Waals surface area contributed by atoms with Gasteiger partial charge in [-0.25, -0.2) is 14.6 Å². The van der Waals surface area contributed by atoms with Gasteiger partial charge in [0, 0.05) is 5.92 Å². The Labute approximate surface area is 179 Å². The maximum atomic E-state index is 12.4. The number of carboxylic acids is 1. The number of rotatable bonds is 4. The number of aromatic nitrogens is 1. The van der Waals surface area contributed by atoms with Gasteiger partial charge in [-0.05, 0) is 34.7 Å². The minimum atomic E-state index is -0.964. The molecule has 2 aromatic heterocycles. The van der Waals surface area contributed by atoms with E-state index in [1.165, 1.54) is 22.5 Å². The molecular formula is C22H16N2O4S2. The number of anilines is 1. The van der Waals surface area contributed by atoms with Gasteiger partial charge in [0.15, 0.2) is 5.13 Å². The molecule has 5 rings (SSSR count). The number of thiophene rings is 1. The topological polar surface area (TPSA) is 88.5 Å². The van der Waals surface area contributed by atoms with Crippen molar-refractivity contribution in [2.45, 2.75) is 12.8 Å². The van der Waals surface area contributed by atoms with Crippen molar-refractivity contribution in [1.82, 2.24) is 4.98 Å². The molecule has 4 aromatic rings. The number of fused-ring (bicyclic) bond motifs is 4. The molecule has 0 spiro atoms. The molecule has 0 fully saturated rings. The summed E-state index contributed by atoms with van der Waals surface area (Å²) in [4.78, 5) is 28.8. The zero-order chi connectivity index (χ0) is 20.8. The van der Waals surface area contributed by atoms with Gasteiger partial charge in [-0.2, -0.15) is 0 Å². The maximum Gasteiger partial charge on any atom is 0.413 e. The number of nitrogens with zero attached hydrogens (tertiary/aromatic N) is 1. The standard InChI is InChI=1S/C22H16N2O4S2/c1-11-17-19(29-18(11)20(25)26)23-21(30-17)24-22(27)28-10-16-14-8-4-2-6-12(14)13-7-3-5-9-15(13)16/h2-9,16H,10H2,1H3,(H,25,26)(H,23,24,27). The van der Waals surface area contributed by atoms with Crippen LogP contribution >= 0.6 is 22.7 Å². The Bertz CT molecular complexity index is 1260. The van der Waals surface area contributed by atoms with Gasteiger partial charge in [-0.3, -0.25) is 5.32 Å². The smallest absolute Gasteiger partial charge is 0.413 e. The van der Waals surface area contributed by atoms with Gasteiger partial charge in [-0.15, -0.1) is 11.3 Å². The molecule has 0 bridgehead atoms. The number of ether oxygens (including phenoxy) is 1. The van der Waals surface area contributed by atoms with Gasteiger partial charge in [0.05, 0.1) is 4.70 Å². The summed E-state index contributed by atoms with van der Waals surface area (Å²) in [6.07, 6.45) is -0.575. The lowest BCUT2D eigenvalue weighted by molar-refractivity contribution is 0.0701. The minimum absolute atomic E-state index is 0.0108. The Morgan fingerprint density at radius 2 is 1.70 bits per heavy atom. The quantitative estimate of drug-likeness (QED) is 0.427. The predicted molar refractivity (Wildman–Crippen MR) is 118 cm³/mol. The van der Waals surface area contributed by atoms with Crippen molar-refractivity contribution >= 4 is 49.4 Å². The van der Waals surface area contributed by atoms with E-state index in [0.717, 1.165) is 27.2 Å². The van der Waals surface area contributed by atoms with E-state index in [1.807, 2.05) is 24.3 Å². The lowest BCUT2D eigenvalue weighted by atomic mass is 9.98. The van der Waals surface area contributed by atoms with E-state index in [9.17, 15) is 14.7 Å². The van der Waals surface area contributed by atoms with Crippen LogP contribution in [0.1, 0.15) is 32.3 Å². The van der Waals surface area contributed by atoms with Crippen LogP contribution in [0.15, 0.2) is 48.5 Å². The summed E-state index contributed by atoms with van der Waals surface area (Å²) >= 11 is 2.36. The van der Waals surface area contributed by atoms with E-state index in [1.54, 1.807) is 6.92 Å². The summed E-state index contributed by atoms with van der Waals surface area (Å²) in [5, 5.41) is 12.3. The average molecular weight is 437 g/mol. The van der Waals surface area contributed by atoms with Crippen molar-refractivity contribution in [3.05, 3.63) is 70.1 Å². The SMILES string of the molecule is Cc1c(C(=O)O)sc2nc(NC(=O)OCC3c4ccccc4-c4ccccc43)sc12. The molecule has 0 atom stereocenters. The van der Waals surface area contributed by atoms with Crippen LogP contribution in [0.2, 0.25) is 0 Å². The molecule has 1 aliphatic rings. The molecular weight excluding hydrogens is 420 g/mol. The number of carbonyl (C=O) groups is 2. The highest BCUT2D eigenvalue weighted by atomic mass is 32.1. The van der Waals surface area contributed by atoms with Crippen LogP contribution in [-0.2, 0) is 4.74 Å². The van der Waals surface area contributed by atoms with Crippen LogP contribution in [0.4, 0.5) is 9.93 Å². The fourth-order valence-electron chi connectivity index (χ4n) is 3.87. The van der Waals surface area contributed by atoms with Crippen molar-refractivity contribution in [2.24, 2.45) is 0 Å². The number of carboxylic acid groups (broad SMARTS) is 1. The second-order valence-corrected chi connectivity index (χ2v) is 8.96. The third-order valence-electron chi connectivity index (χ3n) is 5.22. The Balaban J connectivity index is 1.31. The van der Waals surface area contributed by atoms with Crippen LogP contribution in [0, 0.1) is 6.92 Å². The highest BCUT2D eigenvalue weighted by Gasteiger charge is 2.29. The molecule has 6 nitrogen and oxygen atoms in total. The summed E-state index contributed by atoms with van der Waals surface area (Å²) in [7, 11) is 0. The lowest BCUT2D eigenvalue weighted by Crippen LogP contribution is -2.17. The Morgan fingerprint density at radius 3 is 2.30 bits per heavy atom. The van der Waals surface area contributed by atoms with E-state index in [4.69, 9.17) is 4.74 Å². The summed E-state index contributed by atoms with van der Waals surface area (Å²) in [5.41, 5.74) is 5.32. The van der Waals surface area contributed by atoms with Crippen LogP contribution in [0.5, 0.6) is 0 Å². The first-order chi connectivity index (χ1) is 14.5. The number of nitrogens with one attached hydrogen (secondary N) is 1. The zero-order valence-electron chi connectivity index (χ0n) is 15.8. The molecule has 0 radical (unpaired) electrons. The normalized spacial score (nSPS) is 12.6. The van der Waals surface area contributed by atoms with Gasteiger partial charge in [0.2, 0.25) is 0 Å². The highest BCUT2D eigenvalue weighted by molar-refractivity contribution is 7.30. The molecule has 2 heterocycles. The number of hydrogen-bond acceptors (Lipinski definition) is 6. The molecule has 150 valence electrons. The number of carbonyl (C=O) groups excluding carboxylic acids is 1. The maximum absolute atomic E-state index is 12.4. The van der Waals surface area contributed by atoms with Crippen molar-refractivity contribution in [3.8, 4) is 11.1 Å². The minimum Gasteiger partial charge on any atom is -0.477 e. The number of amides is 1. The fourth-order valence-corrected chi connectivity index (χ4v) is 6.01. The summed E-state index contributed by atoms with van der Waals surface area (Å²) in [6.45, 7) is 1.97. The second-order valence-electron chi connectivity index (χ2n) is 6.97. The van der Waals surface area contributed by atoms with Crippen molar-refractivity contribution in [1.29, 1.82) is 0 Å². The molecule has 0 aliphatic heterocycles. The first kappa shape index (κ1) is 18.8. The first-order valence-corrected chi connectivity index (χ1v) is 10.9. The molecule has 0 saturated carbocycles. The molecule has 8 heteroatoms. The largest absolute Gasteiger partial charge is 0.477 e. The van der Waals surface area contributed by atoms with Crippen LogP contribution < -0.4 is 5.32 Å². The lowest BCUT2D eigenvalue weighted by Gasteiger charge is -2.14. The first-order valence-electron chi connectivity index (χ1n) is 9.28. The van der Waals surface area contributed by atoms with Gasteiger partial charge in [0.25, 0.3) is 0 Å². The second kappa shape index (κ2) is 7.23. The third kappa shape index (κ3) is 3.05.